The smallest absolute Gasteiger partial charge is 0.408 e. The number of hydrogen-bond acceptors (Lipinski definition) is 11. The van der Waals surface area contributed by atoms with E-state index >= 15 is 0 Å². The van der Waals surface area contributed by atoms with Gasteiger partial charge < -0.3 is 63.9 Å². The summed E-state index contributed by atoms with van der Waals surface area (Å²) in [5.74, 6) is 0.179. The Hall–Kier alpha value is -5.89. The Morgan fingerprint density at radius 1 is 0.831 bits per heavy atom. The van der Waals surface area contributed by atoms with Gasteiger partial charge in [0.1, 0.15) is 28.2 Å². The summed E-state index contributed by atoms with van der Waals surface area (Å²) in [6.45, 7) is 9.84. The topological polar surface area (TPSA) is 333 Å². The normalized spacial score (nSPS) is 12.9. The number of unbranched alkanes of at least 4 members (excludes halogenated alkanes) is 2. The number of amides is 2. The van der Waals surface area contributed by atoms with E-state index in [9.17, 15) is 24.5 Å². The number of nitrogens with one attached hydrogen (secondary N) is 3. The van der Waals surface area contributed by atoms with E-state index in [2.05, 4.69) is 26.0 Å². The third-order valence-electron chi connectivity index (χ3n) is 7.76. The lowest BCUT2D eigenvalue weighted by atomic mass is 10.1. The first-order valence-corrected chi connectivity index (χ1v) is 19.2. The zero-order chi connectivity index (χ0) is 45.0. The molecule has 0 aliphatic heterocycles. The molecule has 0 spiro atoms. The fraction of sp³-hybridized carbons (Fsp3) is 0.564. The summed E-state index contributed by atoms with van der Waals surface area (Å²) in [6, 6.07) is 14.4. The molecule has 332 valence electrons. The molecule has 0 aliphatic carbocycles. The number of nitrogens with two attached hydrogens (primary N) is 5. The fourth-order valence-electron chi connectivity index (χ4n) is 4.99. The predicted molar refractivity (Wildman–Crippen MR) is 228 cm³/mol. The average molecular weight is 834 g/mol. The Balaban J connectivity index is 0.000000900. The van der Waals surface area contributed by atoms with E-state index in [0.717, 1.165) is 42.7 Å². The van der Waals surface area contributed by atoms with Gasteiger partial charge in [0.25, 0.3) is 5.96 Å². The Kier molecular flexibility index (Phi) is 26.4. The number of guanidine groups is 2. The van der Waals surface area contributed by atoms with Crippen molar-refractivity contribution in [2.45, 2.75) is 116 Å². The molecule has 4 unspecified atom stereocenters. The Labute approximate surface area is 347 Å². The maximum Gasteiger partial charge on any atom is 0.408 e. The van der Waals surface area contributed by atoms with Crippen LogP contribution in [-0.2, 0) is 27.2 Å². The van der Waals surface area contributed by atoms with Gasteiger partial charge in [-0.1, -0.05) is 24.3 Å². The second kappa shape index (κ2) is 29.3. The Bertz CT molecular complexity index is 1580. The van der Waals surface area contributed by atoms with Gasteiger partial charge in [-0.3, -0.25) is 9.79 Å². The van der Waals surface area contributed by atoms with Gasteiger partial charge in [-0.2, -0.15) is 0 Å². The number of nitro groups is 1. The second-order valence-electron chi connectivity index (χ2n) is 14.6. The SMILES string of the molecule is CC(C)(C)OC(=O)NC(CCCCN/C(N)=N/[N+](=O)[O-])C(=O)O.COc1ccc(CC(C)N)cc1.COc1ccc(CC(C)NC(=O)C(N)CCCCN=C(N)N)cc1. The third-order valence-corrected chi connectivity index (χ3v) is 7.76. The molecule has 0 saturated heterocycles. The van der Waals surface area contributed by atoms with Gasteiger partial charge in [0.15, 0.2) is 11.0 Å². The first-order chi connectivity index (χ1) is 27.6. The molecular weight excluding hydrogens is 766 g/mol. The minimum atomic E-state index is -1.17. The summed E-state index contributed by atoms with van der Waals surface area (Å²) in [7, 11) is 3.30. The number of rotatable bonds is 21. The van der Waals surface area contributed by atoms with Crippen LogP contribution in [0, 0.1) is 10.1 Å². The number of carbonyl (C=O) groups is 3. The number of carboxylic acid groups (broad SMARTS) is 1. The van der Waals surface area contributed by atoms with E-state index < -0.39 is 34.8 Å². The number of ether oxygens (including phenoxy) is 3. The van der Waals surface area contributed by atoms with Crippen LogP contribution >= 0.6 is 0 Å². The van der Waals surface area contributed by atoms with Crippen molar-refractivity contribution >= 4 is 29.9 Å². The van der Waals surface area contributed by atoms with Gasteiger partial charge in [0.2, 0.25) is 5.91 Å². The number of benzene rings is 2. The van der Waals surface area contributed by atoms with E-state index in [1.807, 2.05) is 62.4 Å². The van der Waals surface area contributed by atoms with E-state index in [4.69, 9.17) is 48.0 Å². The van der Waals surface area contributed by atoms with Crippen LogP contribution < -0.4 is 54.1 Å². The number of nitrogens with zero attached hydrogens (tertiary/aromatic N) is 3. The first kappa shape index (κ1) is 53.1. The maximum absolute atomic E-state index is 12.1. The van der Waals surface area contributed by atoms with Gasteiger partial charge in [-0.15, -0.1) is 0 Å². The summed E-state index contributed by atoms with van der Waals surface area (Å²) >= 11 is 0. The average Bonchev–Trinajstić information content (AvgIpc) is 3.13. The highest BCUT2D eigenvalue weighted by atomic mass is 16.7. The van der Waals surface area contributed by atoms with Gasteiger partial charge in [0.05, 0.1) is 20.3 Å². The number of hydrogen-bond donors (Lipinski definition) is 9. The van der Waals surface area contributed by atoms with Gasteiger partial charge in [0, 0.05) is 25.2 Å². The van der Waals surface area contributed by atoms with Crippen molar-refractivity contribution in [3.8, 4) is 11.5 Å². The molecule has 0 saturated carbocycles. The van der Waals surface area contributed by atoms with Crippen LogP contribution in [0.15, 0.2) is 58.6 Å². The molecule has 0 heterocycles. The van der Waals surface area contributed by atoms with Crippen molar-refractivity contribution in [2.75, 3.05) is 27.3 Å². The molecule has 2 aromatic carbocycles. The van der Waals surface area contributed by atoms with E-state index in [1.165, 1.54) is 5.56 Å². The molecule has 2 amide bonds. The van der Waals surface area contributed by atoms with Crippen LogP contribution in [-0.4, -0.2) is 97.1 Å². The van der Waals surface area contributed by atoms with Crippen molar-refractivity contribution < 1.29 is 38.7 Å². The monoisotopic (exact) mass is 834 g/mol. The molecule has 2 rings (SSSR count). The summed E-state index contributed by atoms with van der Waals surface area (Å²) in [5, 5.41) is 28.8. The van der Waals surface area contributed by atoms with Crippen LogP contribution in [0.2, 0.25) is 0 Å². The number of methoxy groups -OCH3 is 2. The minimum Gasteiger partial charge on any atom is -0.497 e. The zero-order valence-corrected chi connectivity index (χ0v) is 35.4. The summed E-state index contributed by atoms with van der Waals surface area (Å²) < 4.78 is 15.2. The van der Waals surface area contributed by atoms with Crippen molar-refractivity contribution in [2.24, 2.45) is 38.8 Å². The Morgan fingerprint density at radius 2 is 1.36 bits per heavy atom. The lowest BCUT2D eigenvalue weighted by Crippen LogP contribution is -2.45. The fourth-order valence-corrected chi connectivity index (χ4v) is 4.99. The van der Waals surface area contributed by atoms with Crippen LogP contribution in [0.1, 0.15) is 84.3 Å². The summed E-state index contributed by atoms with van der Waals surface area (Å²) in [5.41, 5.74) is 29.0. The molecule has 0 fully saturated rings. The largest absolute Gasteiger partial charge is 0.497 e. The van der Waals surface area contributed by atoms with Crippen LogP contribution in [0.5, 0.6) is 11.5 Å². The van der Waals surface area contributed by atoms with Crippen molar-refractivity contribution in [3.63, 3.8) is 0 Å². The lowest BCUT2D eigenvalue weighted by molar-refractivity contribution is -0.485. The van der Waals surface area contributed by atoms with E-state index in [0.29, 0.717) is 32.4 Å². The second-order valence-corrected chi connectivity index (χ2v) is 14.6. The third kappa shape index (κ3) is 29.1. The lowest BCUT2D eigenvalue weighted by Gasteiger charge is -2.22. The molecular formula is C39H67N11O9. The van der Waals surface area contributed by atoms with E-state index in [1.54, 1.807) is 35.0 Å². The van der Waals surface area contributed by atoms with E-state index in [-0.39, 0.29) is 36.3 Å². The predicted octanol–water partition coefficient (Wildman–Crippen LogP) is 2.33. The highest BCUT2D eigenvalue weighted by molar-refractivity contribution is 5.81. The van der Waals surface area contributed by atoms with Crippen molar-refractivity contribution in [3.05, 3.63) is 69.8 Å². The zero-order valence-electron chi connectivity index (χ0n) is 35.4. The maximum atomic E-state index is 12.1. The van der Waals surface area contributed by atoms with Crippen LogP contribution in [0.25, 0.3) is 0 Å². The van der Waals surface area contributed by atoms with Gasteiger partial charge in [-0.05, 0) is 121 Å². The molecule has 0 bridgehead atoms. The summed E-state index contributed by atoms with van der Waals surface area (Å²) in [6.07, 6.45) is 4.21. The highest BCUT2D eigenvalue weighted by Gasteiger charge is 2.23. The quantitative estimate of drug-likeness (QED) is 0.0287. The van der Waals surface area contributed by atoms with Crippen molar-refractivity contribution in [1.82, 2.24) is 16.0 Å². The van der Waals surface area contributed by atoms with Gasteiger partial charge in [-0.25, -0.2) is 19.7 Å². The number of alkyl carbamates (subject to hydrolysis) is 1. The molecule has 0 aliphatic rings. The molecule has 4 atom stereocenters. The Morgan fingerprint density at radius 3 is 1.81 bits per heavy atom. The van der Waals surface area contributed by atoms with Crippen molar-refractivity contribution in [1.29, 1.82) is 0 Å². The van der Waals surface area contributed by atoms with Gasteiger partial charge >= 0.3 is 12.1 Å². The number of aliphatic imine (C=N–C) groups is 1. The molecule has 20 nitrogen and oxygen atoms in total. The van der Waals surface area contributed by atoms with Crippen LogP contribution in [0.4, 0.5) is 4.79 Å². The minimum absolute atomic E-state index is 0.0126. The molecule has 20 heteroatoms. The first-order valence-electron chi connectivity index (χ1n) is 19.2. The van der Waals surface area contributed by atoms with Crippen LogP contribution in [0.3, 0.4) is 0 Å². The molecule has 0 radical (unpaired) electrons. The molecule has 2 aromatic rings. The number of carbonyl (C=O) groups excluding carboxylic acids is 2. The molecule has 59 heavy (non-hydrogen) atoms. The standard InChI is InChI=1S/C17H29N5O2.C12H23N5O6.C10H15NO/c1-12(11-13-6-8-14(24-2)9-7-13)22-16(23)15(18)5-3-4-10-21-17(19)20;1-12(2,3)23-11(20)15-8(9(18)19)6-4-5-7-14-10(13)16-17(21)22;1-8(11)7-9-3-5-10(12-2)6-4-9/h6-9,12,15H,3-5,10-11,18H2,1-2H3,(H,22,23)(H4,19,20,21);8H,4-7H2,1-3H3,(H,15,20)(H,18,19)(H3,13,14,16);3-6,8H,7,11H2,1-2H3. The highest BCUT2D eigenvalue weighted by Crippen LogP contribution is 2.14. The molecule has 0 aromatic heterocycles. The molecule has 14 N–H and O–H groups in total. The number of carboxylic acids is 1. The summed E-state index contributed by atoms with van der Waals surface area (Å²) in [4.78, 5) is 48.7. The number of aliphatic carboxylic acids is 1. The number of hydrazone groups is 1.